The van der Waals surface area contributed by atoms with Gasteiger partial charge in [-0.2, -0.15) is 0 Å². The molecule has 2 aromatic heterocycles. The van der Waals surface area contributed by atoms with Crippen molar-refractivity contribution >= 4 is 65.4 Å². The molecule has 0 aliphatic heterocycles. The lowest BCUT2D eigenvalue weighted by atomic mass is 9.78. The average Bonchev–Trinajstić information content (AvgIpc) is 3.95. The predicted molar refractivity (Wildman–Crippen MR) is 242 cm³/mol. The molecule has 0 radical (unpaired) electrons. The van der Waals surface area contributed by atoms with Gasteiger partial charge in [-0.15, -0.1) is 0 Å². The van der Waals surface area contributed by atoms with Crippen molar-refractivity contribution in [3.63, 3.8) is 0 Å². The van der Waals surface area contributed by atoms with Gasteiger partial charge in [0.25, 0.3) is 0 Å². The summed E-state index contributed by atoms with van der Waals surface area (Å²) in [6.07, 6.45) is 0. The smallest absolute Gasteiger partial charge is 0.143 e. The summed E-state index contributed by atoms with van der Waals surface area (Å²) in [5.41, 5.74) is 18.5. The van der Waals surface area contributed by atoms with Crippen LogP contribution in [-0.4, -0.2) is 0 Å². The van der Waals surface area contributed by atoms with Crippen LogP contribution in [-0.2, 0) is 10.8 Å². The Morgan fingerprint density at radius 1 is 0.328 bits per heavy atom. The van der Waals surface area contributed by atoms with E-state index < -0.39 is 0 Å². The van der Waals surface area contributed by atoms with Crippen molar-refractivity contribution in [1.82, 2.24) is 0 Å². The summed E-state index contributed by atoms with van der Waals surface area (Å²) < 4.78 is 13.9. The first kappa shape index (κ1) is 32.2. The lowest BCUT2D eigenvalue weighted by molar-refractivity contribution is 0.650. The van der Waals surface area contributed by atoms with Crippen LogP contribution in [0.25, 0.3) is 110 Å². The van der Waals surface area contributed by atoms with Gasteiger partial charge in [0.1, 0.15) is 22.3 Å². The molecule has 0 saturated heterocycles. The first-order chi connectivity index (χ1) is 28.3. The molecular weight excluding hydrogens is 705 g/mol. The summed E-state index contributed by atoms with van der Waals surface area (Å²) in [5, 5.41) is 9.66. The molecule has 0 unspecified atom stereocenters. The highest BCUT2D eigenvalue weighted by molar-refractivity contribution is 6.22. The largest absolute Gasteiger partial charge is 0.455 e. The maximum absolute atomic E-state index is 6.94. The summed E-state index contributed by atoms with van der Waals surface area (Å²) in [5.74, 6) is 0. The Bertz CT molecular complexity index is 3370. The molecule has 13 rings (SSSR count). The molecule has 2 heterocycles. The highest BCUT2D eigenvalue weighted by Gasteiger charge is 2.44. The Balaban J connectivity index is 1.13. The molecule has 2 nitrogen and oxygen atoms in total. The predicted octanol–water partition coefficient (Wildman–Crippen LogP) is 15.7. The van der Waals surface area contributed by atoms with Gasteiger partial charge in [-0.05, 0) is 114 Å². The van der Waals surface area contributed by atoms with Gasteiger partial charge in [-0.1, -0.05) is 149 Å². The van der Waals surface area contributed by atoms with Crippen LogP contribution < -0.4 is 0 Å². The minimum Gasteiger partial charge on any atom is -0.455 e. The molecule has 0 saturated carbocycles. The Morgan fingerprint density at radius 2 is 0.690 bits per heavy atom. The third kappa shape index (κ3) is 3.97. The van der Waals surface area contributed by atoms with E-state index in [0.29, 0.717) is 0 Å². The number of benzene rings is 9. The lowest BCUT2D eigenvalue weighted by Gasteiger charge is -2.24. The van der Waals surface area contributed by atoms with Crippen molar-refractivity contribution in [2.45, 2.75) is 38.5 Å². The van der Waals surface area contributed by atoms with E-state index in [-0.39, 0.29) is 10.8 Å². The molecule has 2 aliphatic carbocycles. The second-order valence-corrected chi connectivity index (χ2v) is 17.5. The van der Waals surface area contributed by atoms with Gasteiger partial charge in [0, 0.05) is 43.5 Å². The molecule has 0 spiro atoms. The number of hydrogen-bond acceptors (Lipinski definition) is 2. The molecule has 0 atom stereocenters. The third-order valence-electron chi connectivity index (χ3n) is 13.8. The summed E-state index contributed by atoms with van der Waals surface area (Å²) in [6.45, 7) is 9.66. The Kier molecular flexibility index (Phi) is 6.07. The van der Waals surface area contributed by atoms with Crippen molar-refractivity contribution in [3.05, 3.63) is 180 Å². The molecule has 274 valence electrons. The van der Waals surface area contributed by atoms with Crippen molar-refractivity contribution in [2.24, 2.45) is 0 Å². The van der Waals surface area contributed by atoms with Crippen LogP contribution in [0.4, 0.5) is 0 Å². The molecule has 0 amide bonds. The molecule has 58 heavy (non-hydrogen) atoms. The van der Waals surface area contributed by atoms with Gasteiger partial charge in [-0.3, -0.25) is 0 Å². The fraction of sp³-hybridized carbons (Fsp3) is 0.107. The molecule has 2 heteroatoms. The van der Waals surface area contributed by atoms with Gasteiger partial charge in [0.15, 0.2) is 0 Å². The maximum atomic E-state index is 6.94. The SMILES string of the molecule is CC1(C)c2cc3c(cc2-c2c1cc(-c1cccc4ccccc14)c1oc4ccccc4c21)C(C)(C)c1cc(-c2cccc4ccccc24)c2oc4ccccc4c2c1-3. The zero-order valence-corrected chi connectivity index (χ0v) is 32.8. The van der Waals surface area contributed by atoms with Gasteiger partial charge in [0.2, 0.25) is 0 Å². The van der Waals surface area contributed by atoms with Gasteiger partial charge in [0.05, 0.1) is 0 Å². The molecule has 9 aromatic carbocycles. The van der Waals surface area contributed by atoms with Crippen molar-refractivity contribution in [2.75, 3.05) is 0 Å². The summed E-state index contributed by atoms with van der Waals surface area (Å²) in [4.78, 5) is 0. The van der Waals surface area contributed by atoms with E-state index in [4.69, 9.17) is 8.83 Å². The first-order valence-corrected chi connectivity index (χ1v) is 20.4. The van der Waals surface area contributed by atoms with E-state index in [2.05, 4.69) is 185 Å². The molecule has 0 bridgehead atoms. The van der Waals surface area contributed by atoms with E-state index in [0.717, 1.165) is 44.2 Å². The van der Waals surface area contributed by atoms with Crippen molar-refractivity contribution < 1.29 is 8.83 Å². The van der Waals surface area contributed by atoms with E-state index in [1.807, 2.05) is 0 Å². The number of para-hydroxylation sites is 2. The number of hydrogen-bond donors (Lipinski definition) is 0. The van der Waals surface area contributed by atoms with Crippen molar-refractivity contribution in [3.8, 4) is 44.5 Å². The van der Waals surface area contributed by atoms with Crippen LogP contribution in [0.1, 0.15) is 49.9 Å². The maximum Gasteiger partial charge on any atom is 0.143 e. The summed E-state index contributed by atoms with van der Waals surface area (Å²) in [6, 6.07) is 57.8. The third-order valence-corrected chi connectivity index (χ3v) is 13.8. The van der Waals surface area contributed by atoms with E-state index in [1.54, 1.807) is 0 Å². The van der Waals surface area contributed by atoms with Crippen LogP contribution in [0.5, 0.6) is 0 Å². The minimum absolute atomic E-state index is 0.279. The fourth-order valence-corrected chi connectivity index (χ4v) is 11.0. The molecule has 11 aromatic rings. The highest BCUT2D eigenvalue weighted by Crippen LogP contribution is 2.61. The van der Waals surface area contributed by atoms with Gasteiger partial charge in [-0.25, -0.2) is 0 Å². The standard InChI is InChI=1S/C56H38O2/c1-55(2)43-29-42-44(30-41(43)49-45(55)27-39(35-23-13-17-31-15-5-7-19-33(31)35)53-51(49)37-21-9-11-25-47(37)57-53)56(3,4)46-28-40(36-24-14-18-32-16-6-8-20-34(32)36)54-52(50(42)46)38-22-10-12-26-48(38)58-54/h5-30H,1-4H3. The first-order valence-electron chi connectivity index (χ1n) is 20.4. The lowest BCUT2D eigenvalue weighted by Crippen LogP contribution is -2.17. The van der Waals surface area contributed by atoms with E-state index in [9.17, 15) is 0 Å². The zero-order valence-electron chi connectivity index (χ0n) is 32.8. The highest BCUT2D eigenvalue weighted by atomic mass is 16.3. The Hall–Kier alpha value is -6.90. The molecular formula is C56H38O2. The monoisotopic (exact) mass is 742 g/mol. The second-order valence-electron chi connectivity index (χ2n) is 17.5. The van der Waals surface area contributed by atoms with Crippen LogP contribution in [0.15, 0.2) is 167 Å². The van der Waals surface area contributed by atoms with E-state index in [1.165, 1.54) is 88.0 Å². The molecule has 0 N–H and O–H groups in total. The Labute approximate surface area is 336 Å². The number of furan rings is 2. The number of fused-ring (bicyclic) bond motifs is 16. The molecule has 2 aliphatic rings. The zero-order chi connectivity index (χ0) is 38.7. The van der Waals surface area contributed by atoms with Crippen LogP contribution in [0.3, 0.4) is 0 Å². The Morgan fingerprint density at radius 3 is 1.14 bits per heavy atom. The van der Waals surface area contributed by atoms with Crippen LogP contribution in [0.2, 0.25) is 0 Å². The van der Waals surface area contributed by atoms with Crippen LogP contribution in [0, 0.1) is 0 Å². The summed E-state index contributed by atoms with van der Waals surface area (Å²) >= 11 is 0. The second kappa shape index (κ2) is 10.9. The van der Waals surface area contributed by atoms with Crippen LogP contribution >= 0.6 is 0 Å². The fourth-order valence-electron chi connectivity index (χ4n) is 11.0. The number of rotatable bonds is 2. The van der Waals surface area contributed by atoms with Crippen molar-refractivity contribution in [1.29, 1.82) is 0 Å². The van der Waals surface area contributed by atoms with E-state index >= 15 is 0 Å². The summed E-state index contributed by atoms with van der Waals surface area (Å²) in [7, 11) is 0. The van der Waals surface area contributed by atoms with Gasteiger partial charge >= 0.3 is 0 Å². The van der Waals surface area contributed by atoms with Gasteiger partial charge < -0.3 is 8.83 Å². The average molecular weight is 743 g/mol. The minimum atomic E-state index is -0.279. The quantitative estimate of drug-likeness (QED) is 0.176. The normalized spacial score (nSPS) is 14.8. The molecule has 0 fully saturated rings. The topological polar surface area (TPSA) is 26.3 Å².